The highest BCUT2D eigenvalue weighted by atomic mass is 16.3. The topological polar surface area (TPSA) is 73.4 Å². The van der Waals surface area contributed by atoms with E-state index in [0.717, 1.165) is 55.7 Å². The molecule has 1 unspecified atom stereocenters. The van der Waals surface area contributed by atoms with Gasteiger partial charge in [-0.3, -0.25) is 9.59 Å². The molecule has 142 valence electrons. The Bertz CT molecular complexity index is 866. The smallest absolute Gasteiger partial charge is 0.256 e. The van der Waals surface area contributed by atoms with Crippen molar-refractivity contribution >= 4 is 11.7 Å². The molecular weight excluding hydrogens is 340 g/mol. The minimum Gasteiger partial charge on any atom is -0.392 e. The first kappa shape index (κ1) is 18.0. The third kappa shape index (κ3) is 3.44. The first-order valence-corrected chi connectivity index (χ1v) is 9.79. The highest BCUT2D eigenvalue weighted by Gasteiger charge is 2.33. The minimum atomic E-state index is -0.00150. The standard InChI is InChI=1S/C22H26N2O3/c1-14-20(21-18(23-14)3-2-4-19(21)26)22(27)24-10-9-17(12-24)11-15-5-7-16(13-25)8-6-15/h5-8,17,23,25H,2-4,9-13H2,1H3. The molecule has 1 aliphatic carbocycles. The zero-order valence-corrected chi connectivity index (χ0v) is 15.8. The SMILES string of the molecule is Cc1[nH]c2c(c1C(=O)N1CCC(Cc3ccc(CO)cc3)C1)C(=O)CCC2. The van der Waals surface area contributed by atoms with E-state index in [2.05, 4.69) is 17.1 Å². The van der Waals surface area contributed by atoms with Crippen LogP contribution in [-0.4, -0.2) is 39.8 Å². The molecule has 2 N–H and O–H groups in total. The van der Waals surface area contributed by atoms with Crippen LogP contribution in [-0.2, 0) is 19.4 Å². The van der Waals surface area contributed by atoms with Crippen molar-refractivity contribution in [3.63, 3.8) is 0 Å². The minimum absolute atomic E-state index is 0.00150. The predicted octanol–water partition coefficient (Wildman–Crippen LogP) is 3.04. The number of Topliss-reactive ketones (excluding diaryl/α,β-unsaturated/α-hetero) is 1. The molecule has 1 atom stereocenters. The molecule has 0 saturated carbocycles. The molecule has 1 aliphatic heterocycles. The Morgan fingerprint density at radius 3 is 2.70 bits per heavy atom. The first-order chi connectivity index (χ1) is 13.1. The average molecular weight is 366 g/mol. The van der Waals surface area contributed by atoms with Gasteiger partial charge in [0.05, 0.1) is 17.7 Å². The lowest BCUT2D eigenvalue weighted by Gasteiger charge is -2.19. The van der Waals surface area contributed by atoms with E-state index < -0.39 is 0 Å². The number of carbonyl (C=O) groups is 2. The van der Waals surface area contributed by atoms with Gasteiger partial charge in [0.25, 0.3) is 5.91 Å². The summed E-state index contributed by atoms with van der Waals surface area (Å²) in [5, 5.41) is 9.15. The quantitative estimate of drug-likeness (QED) is 0.873. The summed E-state index contributed by atoms with van der Waals surface area (Å²) in [5.74, 6) is 0.529. The second-order valence-corrected chi connectivity index (χ2v) is 7.84. The monoisotopic (exact) mass is 366 g/mol. The molecule has 1 aromatic heterocycles. The predicted molar refractivity (Wildman–Crippen MR) is 103 cm³/mol. The zero-order chi connectivity index (χ0) is 19.0. The molecule has 0 radical (unpaired) electrons. The molecule has 5 nitrogen and oxygen atoms in total. The Labute approximate surface area is 159 Å². The number of nitrogens with zero attached hydrogens (tertiary/aromatic N) is 1. The van der Waals surface area contributed by atoms with Crippen LogP contribution in [0, 0.1) is 12.8 Å². The number of H-pyrrole nitrogens is 1. The van der Waals surface area contributed by atoms with E-state index >= 15 is 0 Å². The normalized spacial score (nSPS) is 19.4. The second-order valence-electron chi connectivity index (χ2n) is 7.84. The van der Waals surface area contributed by atoms with Crippen LogP contribution >= 0.6 is 0 Å². The molecule has 2 aliphatic rings. The van der Waals surface area contributed by atoms with Gasteiger partial charge < -0.3 is 15.0 Å². The highest BCUT2D eigenvalue weighted by Crippen LogP contribution is 2.30. The number of rotatable bonds is 4. The van der Waals surface area contributed by atoms with E-state index in [4.69, 9.17) is 5.11 Å². The number of nitrogens with one attached hydrogen (secondary N) is 1. The second kappa shape index (κ2) is 7.31. The maximum Gasteiger partial charge on any atom is 0.256 e. The summed E-state index contributed by atoms with van der Waals surface area (Å²) >= 11 is 0. The van der Waals surface area contributed by atoms with Gasteiger partial charge in [-0.25, -0.2) is 0 Å². The molecule has 1 aromatic carbocycles. The van der Waals surface area contributed by atoms with Crippen LogP contribution in [0.3, 0.4) is 0 Å². The Kier molecular flexibility index (Phi) is 4.87. The molecule has 5 heteroatoms. The van der Waals surface area contributed by atoms with Crippen molar-refractivity contribution in [2.24, 2.45) is 5.92 Å². The van der Waals surface area contributed by atoms with Crippen molar-refractivity contribution in [3.05, 3.63) is 57.9 Å². The lowest BCUT2D eigenvalue weighted by Crippen LogP contribution is -2.30. The van der Waals surface area contributed by atoms with Crippen LogP contribution in [0.15, 0.2) is 24.3 Å². The molecule has 0 bridgehead atoms. The zero-order valence-electron chi connectivity index (χ0n) is 15.8. The largest absolute Gasteiger partial charge is 0.392 e. The van der Waals surface area contributed by atoms with Gasteiger partial charge in [0.1, 0.15) is 0 Å². The fraction of sp³-hybridized carbons (Fsp3) is 0.455. The van der Waals surface area contributed by atoms with E-state index in [-0.39, 0.29) is 18.3 Å². The van der Waals surface area contributed by atoms with Crippen molar-refractivity contribution in [1.82, 2.24) is 9.88 Å². The third-order valence-electron chi connectivity index (χ3n) is 5.89. The summed E-state index contributed by atoms with van der Waals surface area (Å²) in [6.45, 7) is 3.43. The number of likely N-dealkylation sites (tertiary alicyclic amines) is 1. The van der Waals surface area contributed by atoms with Crippen LogP contribution in [0.4, 0.5) is 0 Å². The molecule has 4 rings (SSSR count). The molecule has 1 amide bonds. The molecule has 2 heterocycles. The summed E-state index contributed by atoms with van der Waals surface area (Å²) in [6.07, 6.45) is 4.16. The third-order valence-corrected chi connectivity index (χ3v) is 5.89. The van der Waals surface area contributed by atoms with E-state index in [9.17, 15) is 9.59 Å². The number of aromatic nitrogens is 1. The number of aromatic amines is 1. The van der Waals surface area contributed by atoms with Crippen LogP contribution < -0.4 is 0 Å². The van der Waals surface area contributed by atoms with Crippen LogP contribution in [0.1, 0.15) is 62.5 Å². The number of fused-ring (bicyclic) bond motifs is 1. The maximum atomic E-state index is 13.2. The molecule has 0 spiro atoms. The van der Waals surface area contributed by atoms with E-state index in [1.54, 1.807) is 0 Å². The lowest BCUT2D eigenvalue weighted by molar-refractivity contribution is 0.0780. The van der Waals surface area contributed by atoms with E-state index in [0.29, 0.717) is 23.5 Å². The Morgan fingerprint density at radius 1 is 1.22 bits per heavy atom. The van der Waals surface area contributed by atoms with Gasteiger partial charge >= 0.3 is 0 Å². The number of amides is 1. The van der Waals surface area contributed by atoms with Gasteiger partial charge in [-0.05, 0) is 49.7 Å². The van der Waals surface area contributed by atoms with Crippen molar-refractivity contribution in [1.29, 1.82) is 0 Å². The van der Waals surface area contributed by atoms with Crippen molar-refractivity contribution < 1.29 is 14.7 Å². The van der Waals surface area contributed by atoms with Gasteiger partial charge in [0, 0.05) is 30.9 Å². The van der Waals surface area contributed by atoms with Crippen molar-refractivity contribution in [3.8, 4) is 0 Å². The number of aryl methyl sites for hydroxylation is 2. The average Bonchev–Trinajstić information content (AvgIpc) is 3.26. The Morgan fingerprint density at radius 2 is 1.96 bits per heavy atom. The number of carbonyl (C=O) groups excluding carboxylic acids is 2. The lowest BCUT2D eigenvalue weighted by atomic mass is 9.92. The highest BCUT2D eigenvalue weighted by molar-refractivity contribution is 6.10. The van der Waals surface area contributed by atoms with Crippen molar-refractivity contribution in [2.45, 2.75) is 45.6 Å². The number of benzene rings is 1. The fourth-order valence-electron chi connectivity index (χ4n) is 4.46. The van der Waals surface area contributed by atoms with E-state index in [1.807, 2.05) is 24.0 Å². The number of aliphatic hydroxyl groups is 1. The first-order valence-electron chi connectivity index (χ1n) is 9.79. The summed E-state index contributed by atoms with van der Waals surface area (Å²) in [6, 6.07) is 8.02. The van der Waals surface area contributed by atoms with Gasteiger partial charge in [0.2, 0.25) is 0 Å². The molecule has 2 aromatic rings. The van der Waals surface area contributed by atoms with Crippen LogP contribution in [0.5, 0.6) is 0 Å². The Balaban J connectivity index is 1.47. The number of hydrogen-bond acceptors (Lipinski definition) is 3. The van der Waals surface area contributed by atoms with Crippen molar-refractivity contribution in [2.75, 3.05) is 13.1 Å². The van der Waals surface area contributed by atoms with E-state index in [1.165, 1.54) is 5.56 Å². The number of ketones is 1. The molecule has 1 fully saturated rings. The fourth-order valence-corrected chi connectivity index (χ4v) is 4.46. The Hall–Kier alpha value is -2.40. The number of hydrogen-bond donors (Lipinski definition) is 2. The van der Waals surface area contributed by atoms with Gasteiger partial charge in [-0.15, -0.1) is 0 Å². The molecular formula is C22H26N2O3. The maximum absolute atomic E-state index is 13.2. The number of aliphatic hydroxyl groups excluding tert-OH is 1. The van der Waals surface area contributed by atoms with Gasteiger partial charge in [-0.1, -0.05) is 24.3 Å². The summed E-state index contributed by atoms with van der Waals surface area (Å²) < 4.78 is 0. The van der Waals surface area contributed by atoms with Crippen LogP contribution in [0.25, 0.3) is 0 Å². The summed E-state index contributed by atoms with van der Waals surface area (Å²) in [4.78, 5) is 30.7. The van der Waals surface area contributed by atoms with Crippen LogP contribution in [0.2, 0.25) is 0 Å². The van der Waals surface area contributed by atoms with Gasteiger partial charge in [-0.2, -0.15) is 0 Å². The molecule has 1 saturated heterocycles. The summed E-state index contributed by atoms with van der Waals surface area (Å²) in [5.41, 5.74) is 5.15. The summed E-state index contributed by atoms with van der Waals surface area (Å²) in [7, 11) is 0. The molecule has 27 heavy (non-hydrogen) atoms. The van der Waals surface area contributed by atoms with Gasteiger partial charge in [0.15, 0.2) is 5.78 Å².